The van der Waals surface area contributed by atoms with E-state index in [9.17, 15) is 0 Å². The van der Waals surface area contributed by atoms with Crippen molar-refractivity contribution in [3.63, 3.8) is 0 Å². The fourth-order valence-electron chi connectivity index (χ4n) is 2.74. The van der Waals surface area contributed by atoms with Crippen LogP contribution in [0.15, 0.2) is 0 Å². The van der Waals surface area contributed by atoms with Gasteiger partial charge >= 0.3 is 0 Å². The Labute approximate surface area is 102 Å². The van der Waals surface area contributed by atoms with Crippen molar-refractivity contribution in [1.82, 2.24) is 10.2 Å². The predicted octanol–water partition coefficient (Wildman–Crippen LogP) is 3.03. The number of hydrogen-bond donors (Lipinski definition) is 1. The highest BCUT2D eigenvalue weighted by Crippen LogP contribution is 2.14. The van der Waals surface area contributed by atoms with Crippen molar-refractivity contribution >= 4 is 0 Å². The number of nitrogens with one attached hydrogen (secondary N) is 1. The lowest BCUT2D eigenvalue weighted by atomic mass is 10.1. The molecule has 16 heavy (non-hydrogen) atoms. The fraction of sp³-hybridized carbons (Fsp3) is 1.00. The average Bonchev–Trinajstić information content (AvgIpc) is 2.82. The van der Waals surface area contributed by atoms with Gasteiger partial charge in [-0.25, -0.2) is 0 Å². The van der Waals surface area contributed by atoms with Crippen molar-refractivity contribution in [1.29, 1.82) is 0 Å². The van der Waals surface area contributed by atoms with Gasteiger partial charge in [0, 0.05) is 18.6 Å². The van der Waals surface area contributed by atoms with Gasteiger partial charge in [0.2, 0.25) is 0 Å². The molecule has 1 aliphatic heterocycles. The molecule has 0 aliphatic carbocycles. The second-order valence-corrected chi connectivity index (χ2v) is 5.11. The Morgan fingerprint density at radius 3 is 2.25 bits per heavy atom. The minimum Gasteiger partial charge on any atom is -0.312 e. The number of likely N-dealkylation sites (tertiary alicyclic amines) is 1. The van der Waals surface area contributed by atoms with Crippen LogP contribution in [0.3, 0.4) is 0 Å². The highest BCUT2D eigenvalue weighted by Gasteiger charge is 2.20. The summed E-state index contributed by atoms with van der Waals surface area (Å²) in [5.74, 6) is 0. The maximum Gasteiger partial charge on any atom is 0.0218 e. The van der Waals surface area contributed by atoms with Crippen LogP contribution in [-0.2, 0) is 0 Å². The molecule has 0 spiro atoms. The molecule has 1 aliphatic rings. The zero-order chi connectivity index (χ0) is 11.8. The summed E-state index contributed by atoms with van der Waals surface area (Å²) in [7, 11) is 0. The van der Waals surface area contributed by atoms with Crippen LogP contribution >= 0.6 is 0 Å². The fourth-order valence-corrected chi connectivity index (χ4v) is 2.74. The van der Waals surface area contributed by atoms with Crippen LogP contribution in [0.2, 0.25) is 0 Å². The van der Waals surface area contributed by atoms with E-state index in [0.717, 1.165) is 12.1 Å². The van der Waals surface area contributed by atoms with Gasteiger partial charge in [-0.05, 0) is 45.2 Å². The molecule has 0 amide bonds. The summed E-state index contributed by atoms with van der Waals surface area (Å²) in [5, 5.41) is 3.76. The number of hydrogen-bond acceptors (Lipinski definition) is 2. The molecule has 1 saturated heterocycles. The zero-order valence-electron chi connectivity index (χ0n) is 11.5. The van der Waals surface area contributed by atoms with Crippen molar-refractivity contribution in [3.8, 4) is 0 Å². The molecule has 0 aromatic heterocycles. The van der Waals surface area contributed by atoms with Crippen molar-refractivity contribution in [2.45, 2.75) is 71.4 Å². The Balaban J connectivity index is 2.26. The van der Waals surface area contributed by atoms with Gasteiger partial charge in [-0.15, -0.1) is 0 Å². The molecule has 1 rings (SSSR count). The summed E-state index contributed by atoms with van der Waals surface area (Å²) in [6, 6.07) is 1.51. The van der Waals surface area contributed by atoms with Gasteiger partial charge in [-0.1, -0.05) is 27.2 Å². The summed E-state index contributed by atoms with van der Waals surface area (Å²) < 4.78 is 0. The molecular weight excluding hydrogens is 196 g/mol. The molecular formula is C14H30N2. The van der Waals surface area contributed by atoms with Crippen molar-refractivity contribution in [2.24, 2.45) is 0 Å². The first-order chi connectivity index (χ1) is 7.81. The third kappa shape index (κ3) is 4.42. The highest BCUT2D eigenvalue weighted by atomic mass is 15.2. The predicted molar refractivity (Wildman–Crippen MR) is 71.9 cm³/mol. The Morgan fingerprint density at radius 2 is 1.75 bits per heavy atom. The van der Waals surface area contributed by atoms with E-state index in [1.54, 1.807) is 0 Å². The number of rotatable bonds is 8. The lowest BCUT2D eigenvalue weighted by Gasteiger charge is -2.28. The average molecular weight is 226 g/mol. The van der Waals surface area contributed by atoms with Crippen molar-refractivity contribution in [3.05, 3.63) is 0 Å². The molecule has 0 bridgehead atoms. The third-order valence-electron chi connectivity index (χ3n) is 3.90. The van der Waals surface area contributed by atoms with E-state index in [1.165, 1.54) is 58.2 Å². The molecule has 0 aromatic rings. The summed E-state index contributed by atoms with van der Waals surface area (Å²) in [4.78, 5) is 2.67. The molecule has 1 N–H and O–H groups in total. The summed E-state index contributed by atoms with van der Waals surface area (Å²) in [6.45, 7) is 10.7. The smallest absolute Gasteiger partial charge is 0.0218 e. The molecule has 96 valence electrons. The lowest BCUT2D eigenvalue weighted by Crippen LogP contribution is -2.43. The van der Waals surface area contributed by atoms with Crippen LogP contribution in [0.25, 0.3) is 0 Å². The quantitative estimate of drug-likeness (QED) is 0.684. The molecule has 2 atom stereocenters. The molecule has 0 radical (unpaired) electrons. The monoisotopic (exact) mass is 226 g/mol. The Kier molecular flexibility index (Phi) is 7.06. The minimum atomic E-state index is 0.738. The highest BCUT2D eigenvalue weighted by molar-refractivity contribution is 4.78. The first kappa shape index (κ1) is 14.0. The van der Waals surface area contributed by atoms with Gasteiger partial charge < -0.3 is 5.32 Å². The van der Waals surface area contributed by atoms with Gasteiger partial charge in [0.05, 0.1) is 0 Å². The summed E-state index contributed by atoms with van der Waals surface area (Å²) >= 11 is 0. The van der Waals surface area contributed by atoms with E-state index in [0.29, 0.717) is 0 Å². The van der Waals surface area contributed by atoms with Crippen LogP contribution in [0.5, 0.6) is 0 Å². The molecule has 1 fully saturated rings. The van der Waals surface area contributed by atoms with Crippen LogP contribution in [0.4, 0.5) is 0 Å². The zero-order valence-corrected chi connectivity index (χ0v) is 11.5. The van der Waals surface area contributed by atoms with E-state index in [-0.39, 0.29) is 0 Å². The second-order valence-electron chi connectivity index (χ2n) is 5.11. The molecule has 2 nitrogen and oxygen atoms in total. The molecule has 0 aromatic carbocycles. The standard InChI is InChI=1S/C14H30N2/c1-4-9-13(5-2)15-12-14(6-3)16-10-7-8-11-16/h13-15H,4-12H2,1-3H3. The van der Waals surface area contributed by atoms with Crippen LogP contribution in [0, 0.1) is 0 Å². The first-order valence-electron chi connectivity index (χ1n) is 7.29. The Morgan fingerprint density at radius 1 is 1.06 bits per heavy atom. The molecule has 2 heteroatoms. The SMILES string of the molecule is CCCC(CC)NCC(CC)N1CCCC1. The number of nitrogens with zero attached hydrogens (tertiary/aromatic N) is 1. The topological polar surface area (TPSA) is 15.3 Å². The van der Waals surface area contributed by atoms with Crippen molar-refractivity contribution in [2.75, 3.05) is 19.6 Å². The van der Waals surface area contributed by atoms with Gasteiger partial charge in [0.15, 0.2) is 0 Å². The molecule has 1 heterocycles. The second kappa shape index (κ2) is 8.08. The molecule has 2 unspecified atom stereocenters. The van der Waals surface area contributed by atoms with Crippen LogP contribution in [0.1, 0.15) is 59.3 Å². The minimum absolute atomic E-state index is 0.738. The normalized spacial score (nSPS) is 21.2. The Hall–Kier alpha value is -0.0800. The van der Waals surface area contributed by atoms with Crippen LogP contribution in [-0.4, -0.2) is 36.6 Å². The summed E-state index contributed by atoms with van der Waals surface area (Å²) in [5.41, 5.74) is 0. The first-order valence-corrected chi connectivity index (χ1v) is 7.29. The van der Waals surface area contributed by atoms with E-state index in [1.807, 2.05) is 0 Å². The van der Waals surface area contributed by atoms with Gasteiger partial charge in [0.1, 0.15) is 0 Å². The maximum atomic E-state index is 3.76. The third-order valence-corrected chi connectivity index (χ3v) is 3.90. The van der Waals surface area contributed by atoms with E-state index < -0.39 is 0 Å². The largest absolute Gasteiger partial charge is 0.312 e. The lowest BCUT2D eigenvalue weighted by molar-refractivity contribution is 0.222. The molecule has 0 saturated carbocycles. The maximum absolute atomic E-state index is 3.76. The van der Waals surface area contributed by atoms with E-state index in [4.69, 9.17) is 0 Å². The summed E-state index contributed by atoms with van der Waals surface area (Å²) in [6.07, 6.45) is 7.99. The van der Waals surface area contributed by atoms with Crippen LogP contribution < -0.4 is 5.32 Å². The van der Waals surface area contributed by atoms with Crippen molar-refractivity contribution < 1.29 is 0 Å². The van der Waals surface area contributed by atoms with Gasteiger partial charge in [-0.2, -0.15) is 0 Å². The van der Waals surface area contributed by atoms with E-state index in [2.05, 4.69) is 31.0 Å². The van der Waals surface area contributed by atoms with Gasteiger partial charge in [-0.3, -0.25) is 4.90 Å². The Bertz CT molecular complexity index is 164. The van der Waals surface area contributed by atoms with E-state index >= 15 is 0 Å². The van der Waals surface area contributed by atoms with Gasteiger partial charge in [0.25, 0.3) is 0 Å².